The molecule has 178 valence electrons. The minimum absolute atomic E-state index is 0.0111. The van der Waals surface area contributed by atoms with Crippen molar-refractivity contribution in [3.05, 3.63) is 111 Å². The average molecular weight is 540 g/mol. The number of fused-ring (bicyclic) bond motifs is 2. The van der Waals surface area contributed by atoms with Crippen LogP contribution < -0.4 is 10.9 Å². The Bertz CT molecular complexity index is 1610. The second-order valence-corrected chi connectivity index (χ2v) is 9.30. The summed E-state index contributed by atoms with van der Waals surface area (Å²) in [5, 5.41) is 3.29. The van der Waals surface area contributed by atoms with Crippen LogP contribution in [-0.4, -0.2) is 33.2 Å². The molecular formula is C28H22BrN5O2. The molecule has 0 spiro atoms. The number of aromatic nitrogens is 3. The number of aryl methyl sites for hydroxylation is 1. The van der Waals surface area contributed by atoms with Gasteiger partial charge in [0.1, 0.15) is 0 Å². The number of allylic oxidation sites excluding steroid dienone is 2. The normalized spacial score (nSPS) is 18.1. The number of rotatable bonds is 2. The second kappa shape index (κ2) is 10.2. The van der Waals surface area contributed by atoms with Crippen LogP contribution in [0.3, 0.4) is 0 Å². The number of carbonyl (C=O) groups is 1. The first kappa shape index (κ1) is 23.6. The van der Waals surface area contributed by atoms with Gasteiger partial charge in [0.25, 0.3) is 5.56 Å². The number of nitrogens with one attached hydrogen (secondary N) is 2. The molecule has 1 amide bonds. The molecule has 8 heteroatoms. The standard InChI is InChI=1S/C20H17N3O.C8H5BrN2O/c1-13-5-4-8-19(23-13)16-7-3-2-6-15(16)14-9-10-18-17(11-14)20(24)22-12-21-18;9-5-1-2-7-6(3-5)8(12)11-4-10-7/h2-12,17-18H,1H3,(H,21,22,24);1-4H,(H,10,11,12). The molecular weight excluding hydrogens is 518 g/mol. The van der Waals surface area contributed by atoms with Gasteiger partial charge < -0.3 is 10.3 Å². The van der Waals surface area contributed by atoms with E-state index in [9.17, 15) is 9.59 Å². The van der Waals surface area contributed by atoms with Crippen molar-refractivity contribution in [2.24, 2.45) is 10.9 Å². The van der Waals surface area contributed by atoms with Gasteiger partial charge in [0, 0.05) is 15.7 Å². The molecule has 7 nitrogen and oxygen atoms in total. The minimum atomic E-state index is -0.256. The van der Waals surface area contributed by atoms with Gasteiger partial charge in [-0.05, 0) is 48.4 Å². The van der Waals surface area contributed by atoms with Gasteiger partial charge in [-0.25, -0.2) is 4.98 Å². The van der Waals surface area contributed by atoms with Crippen LogP contribution in [0.15, 0.2) is 99.5 Å². The van der Waals surface area contributed by atoms with E-state index in [1.807, 2.05) is 61.5 Å². The van der Waals surface area contributed by atoms with Crippen molar-refractivity contribution in [3.8, 4) is 11.3 Å². The lowest BCUT2D eigenvalue weighted by molar-refractivity contribution is -0.122. The number of nitrogens with zero attached hydrogens (tertiary/aromatic N) is 3. The molecule has 1 aliphatic carbocycles. The van der Waals surface area contributed by atoms with Gasteiger partial charge in [0.05, 0.1) is 41.2 Å². The van der Waals surface area contributed by atoms with Crippen molar-refractivity contribution in [1.82, 2.24) is 20.3 Å². The zero-order valence-electron chi connectivity index (χ0n) is 19.4. The van der Waals surface area contributed by atoms with Crippen molar-refractivity contribution in [2.45, 2.75) is 13.0 Å². The predicted molar refractivity (Wildman–Crippen MR) is 146 cm³/mol. The molecule has 2 aliphatic rings. The maximum absolute atomic E-state index is 12.1. The molecule has 0 saturated heterocycles. The first-order chi connectivity index (χ1) is 17.5. The molecule has 0 saturated carbocycles. The highest BCUT2D eigenvalue weighted by molar-refractivity contribution is 9.10. The van der Waals surface area contributed by atoms with Crippen LogP contribution in [0.1, 0.15) is 11.3 Å². The number of pyridine rings is 1. The Hall–Kier alpha value is -4.17. The molecule has 2 aromatic heterocycles. The SMILES string of the molecule is Cc1cccc(-c2ccccc2C2=CC3C(=O)NC=NC3C=C2)n1.O=c1[nH]cnc2ccc(Br)cc12. The van der Waals surface area contributed by atoms with E-state index in [1.54, 1.807) is 12.1 Å². The highest BCUT2D eigenvalue weighted by Gasteiger charge is 2.29. The smallest absolute Gasteiger partial charge is 0.258 e. The van der Waals surface area contributed by atoms with Gasteiger partial charge >= 0.3 is 0 Å². The monoisotopic (exact) mass is 539 g/mol. The quantitative estimate of drug-likeness (QED) is 0.380. The Balaban J connectivity index is 0.000000186. The van der Waals surface area contributed by atoms with E-state index >= 15 is 0 Å². The van der Waals surface area contributed by atoms with Crippen molar-refractivity contribution in [1.29, 1.82) is 0 Å². The van der Waals surface area contributed by atoms with E-state index in [2.05, 4.69) is 53.3 Å². The summed E-state index contributed by atoms with van der Waals surface area (Å²) in [6.07, 6.45) is 8.93. The number of hydrogen-bond donors (Lipinski definition) is 2. The summed E-state index contributed by atoms with van der Waals surface area (Å²) in [5.41, 5.74) is 5.69. The van der Waals surface area contributed by atoms with Crippen LogP contribution in [0.25, 0.3) is 27.7 Å². The molecule has 4 aromatic rings. The summed E-state index contributed by atoms with van der Waals surface area (Å²) in [4.78, 5) is 38.8. The maximum Gasteiger partial charge on any atom is 0.258 e. The van der Waals surface area contributed by atoms with Crippen molar-refractivity contribution in [3.63, 3.8) is 0 Å². The molecule has 0 fully saturated rings. The number of aromatic amines is 1. The van der Waals surface area contributed by atoms with E-state index in [4.69, 9.17) is 0 Å². The topological polar surface area (TPSA) is 100 Å². The molecule has 1 aliphatic heterocycles. The Kier molecular flexibility index (Phi) is 6.69. The summed E-state index contributed by atoms with van der Waals surface area (Å²) in [7, 11) is 0. The molecule has 6 rings (SSSR count). The Morgan fingerprint density at radius 3 is 2.64 bits per heavy atom. The summed E-state index contributed by atoms with van der Waals surface area (Å²) in [6, 6.07) is 19.5. The second-order valence-electron chi connectivity index (χ2n) is 8.39. The van der Waals surface area contributed by atoms with Crippen LogP contribution in [0, 0.1) is 12.8 Å². The molecule has 0 radical (unpaired) electrons. The molecule has 3 heterocycles. The van der Waals surface area contributed by atoms with Gasteiger partial charge in [-0.1, -0.05) is 64.5 Å². The van der Waals surface area contributed by atoms with Gasteiger partial charge in [-0.3, -0.25) is 19.6 Å². The van der Waals surface area contributed by atoms with Gasteiger partial charge in [0.2, 0.25) is 5.91 Å². The third kappa shape index (κ3) is 4.94. The molecule has 36 heavy (non-hydrogen) atoms. The number of aliphatic imine (C=N–C) groups is 1. The summed E-state index contributed by atoms with van der Waals surface area (Å²) in [6.45, 7) is 1.99. The van der Waals surface area contributed by atoms with Crippen LogP contribution in [0.2, 0.25) is 0 Å². The number of amides is 1. The van der Waals surface area contributed by atoms with E-state index in [1.165, 1.54) is 12.7 Å². The van der Waals surface area contributed by atoms with Gasteiger partial charge in [0.15, 0.2) is 0 Å². The fourth-order valence-electron chi connectivity index (χ4n) is 4.20. The van der Waals surface area contributed by atoms with Gasteiger partial charge in [-0.2, -0.15) is 0 Å². The van der Waals surface area contributed by atoms with Crippen molar-refractivity contribution in [2.75, 3.05) is 0 Å². The summed E-state index contributed by atoms with van der Waals surface area (Å²) >= 11 is 3.29. The number of hydrogen-bond acceptors (Lipinski definition) is 5. The fourth-order valence-corrected chi connectivity index (χ4v) is 4.56. The maximum atomic E-state index is 12.1. The highest BCUT2D eigenvalue weighted by atomic mass is 79.9. The largest absolute Gasteiger partial charge is 0.317 e. The number of H-pyrrole nitrogens is 1. The third-order valence-electron chi connectivity index (χ3n) is 5.96. The molecule has 2 atom stereocenters. The number of carbonyl (C=O) groups excluding carboxylic acids is 1. The lowest BCUT2D eigenvalue weighted by Crippen LogP contribution is -2.40. The highest BCUT2D eigenvalue weighted by Crippen LogP contribution is 2.33. The zero-order chi connectivity index (χ0) is 25.1. The molecule has 0 bridgehead atoms. The van der Waals surface area contributed by atoms with Crippen LogP contribution in [-0.2, 0) is 4.79 Å². The van der Waals surface area contributed by atoms with E-state index < -0.39 is 0 Å². The average Bonchev–Trinajstić information content (AvgIpc) is 2.90. The third-order valence-corrected chi connectivity index (χ3v) is 6.45. The van der Waals surface area contributed by atoms with Crippen LogP contribution in [0.5, 0.6) is 0 Å². The van der Waals surface area contributed by atoms with Crippen molar-refractivity contribution >= 4 is 44.7 Å². The predicted octanol–water partition coefficient (Wildman–Crippen LogP) is 4.84. The number of halogens is 1. The molecule has 2 unspecified atom stereocenters. The molecule has 2 aromatic carbocycles. The van der Waals surface area contributed by atoms with Crippen LogP contribution in [0.4, 0.5) is 0 Å². The van der Waals surface area contributed by atoms with E-state index in [0.717, 1.165) is 32.6 Å². The first-order valence-corrected chi connectivity index (χ1v) is 12.2. The van der Waals surface area contributed by atoms with Crippen LogP contribution >= 0.6 is 15.9 Å². The van der Waals surface area contributed by atoms with Gasteiger partial charge in [-0.15, -0.1) is 0 Å². The lowest BCUT2D eigenvalue weighted by atomic mass is 9.86. The minimum Gasteiger partial charge on any atom is -0.317 e. The lowest BCUT2D eigenvalue weighted by Gasteiger charge is -2.25. The number of benzene rings is 2. The Labute approximate surface area is 215 Å². The van der Waals surface area contributed by atoms with E-state index in [0.29, 0.717) is 10.9 Å². The Morgan fingerprint density at radius 2 is 1.81 bits per heavy atom. The summed E-state index contributed by atoms with van der Waals surface area (Å²) in [5.74, 6) is -0.267. The molecule has 2 N–H and O–H groups in total. The zero-order valence-corrected chi connectivity index (χ0v) is 20.9. The fraction of sp³-hybridized carbons (Fsp3) is 0.107. The Morgan fingerprint density at radius 1 is 0.972 bits per heavy atom. The first-order valence-electron chi connectivity index (χ1n) is 11.4. The van der Waals surface area contributed by atoms with E-state index in [-0.39, 0.29) is 23.4 Å². The van der Waals surface area contributed by atoms with Crippen molar-refractivity contribution < 1.29 is 4.79 Å². The summed E-state index contributed by atoms with van der Waals surface area (Å²) < 4.78 is 0.883.